The molecule has 0 aliphatic heterocycles. The molecule has 1 aromatic carbocycles. The van der Waals surface area contributed by atoms with Crippen molar-refractivity contribution >= 4 is 23.2 Å². The van der Waals surface area contributed by atoms with Gasteiger partial charge in [-0.15, -0.1) is 0 Å². The summed E-state index contributed by atoms with van der Waals surface area (Å²) in [5, 5.41) is 3.19. The molecule has 0 spiro atoms. The maximum Gasteiger partial charge on any atom is 0.253 e. The van der Waals surface area contributed by atoms with E-state index in [2.05, 4.69) is 10.3 Å². The molecule has 2 rings (SSSR count). The molecule has 0 aliphatic rings. The third-order valence-corrected chi connectivity index (χ3v) is 3.13. The fourth-order valence-electron chi connectivity index (χ4n) is 1.82. The summed E-state index contributed by atoms with van der Waals surface area (Å²) in [5.41, 5.74) is 7.80. The van der Waals surface area contributed by atoms with Crippen LogP contribution in [0.3, 0.4) is 0 Å². The molecule has 98 valence electrons. The van der Waals surface area contributed by atoms with E-state index in [1.807, 2.05) is 25.1 Å². The van der Waals surface area contributed by atoms with E-state index in [4.69, 9.17) is 17.3 Å². The number of hydrogen-bond donors (Lipinski definition) is 2. The van der Waals surface area contributed by atoms with Gasteiger partial charge in [-0.1, -0.05) is 29.8 Å². The second kappa shape index (κ2) is 5.71. The zero-order chi connectivity index (χ0) is 13.8. The number of halogens is 1. The van der Waals surface area contributed by atoms with Crippen molar-refractivity contribution in [3.05, 3.63) is 58.9 Å². The van der Waals surface area contributed by atoms with E-state index in [1.165, 1.54) is 12.4 Å². The van der Waals surface area contributed by atoms with Crippen molar-refractivity contribution in [3.8, 4) is 0 Å². The van der Waals surface area contributed by atoms with Crippen LogP contribution in [-0.2, 0) is 0 Å². The van der Waals surface area contributed by atoms with Crippen LogP contribution in [0, 0.1) is 0 Å². The summed E-state index contributed by atoms with van der Waals surface area (Å²) < 4.78 is 0. The molecule has 0 bridgehead atoms. The molecule has 2 aromatic rings. The summed E-state index contributed by atoms with van der Waals surface area (Å²) in [6.45, 7) is 1.87. The number of anilines is 1. The number of pyridine rings is 1. The lowest BCUT2D eigenvalue weighted by atomic mass is 10.1. The van der Waals surface area contributed by atoms with Crippen LogP contribution in [0.15, 0.2) is 42.7 Å². The average molecular weight is 276 g/mol. The van der Waals surface area contributed by atoms with Crippen LogP contribution in [0.5, 0.6) is 0 Å². The number of rotatable bonds is 3. The van der Waals surface area contributed by atoms with Gasteiger partial charge < -0.3 is 11.1 Å². The van der Waals surface area contributed by atoms with Crippen molar-refractivity contribution < 1.29 is 4.79 Å². The number of nitrogens with zero attached hydrogens (tertiary/aromatic N) is 1. The van der Waals surface area contributed by atoms with Crippen LogP contribution < -0.4 is 11.1 Å². The highest BCUT2D eigenvalue weighted by Crippen LogP contribution is 2.21. The van der Waals surface area contributed by atoms with E-state index in [1.54, 1.807) is 12.1 Å². The van der Waals surface area contributed by atoms with Crippen LogP contribution >= 0.6 is 11.6 Å². The molecular formula is C14H14ClN3O. The van der Waals surface area contributed by atoms with Crippen LogP contribution in [0.25, 0.3) is 0 Å². The number of amides is 1. The third kappa shape index (κ3) is 3.03. The van der Waals surface area contributed by atoms with E-state index >= 15 is 0 Å². The lowest BCUT2D eigenvalue weighted by molar-refractivity contribution is 0.0940. The van der Waals surface area contributed by atoms with Gasteiger partial charge in [-0.2, -0.15) is 0 Å². The molecule has 1 aromatic heterocycles. The number of carbonyl (C=O) groups excluding carboxylic acids is 1. The molecule has 3 N–H and O–H groups in total. The Balaban J connectivity index is 2.16. The molecule has 1 unspecified atom stereocenters. The Morgan fingerprint density at radius 1 is 1.37 bits per heavy atom. The smallest absolute Gasteiger partial charge is 0.253 e. The first-order valence-corrected chi connectivity index (χ1v) is 6.22. The summed E-state index contributed by atoms with van der Waals surface area (Å²) in [6.07, 6.45) is 2.97. The zero-order valence-corrected chi connectivity index (χ0v) is 11.2. The minimum Gasteiger partial charge on any atom is -0.398 e. The van der Waals surface area contributed by atoms with Gasteiger partial charge in [0.05, 0.1) is 16.6 Å². The first-order valence-electron chi connectivity index (χ1n) is 5.84. The van der Waals surface area contributed by atoms with E-state index < -0.39 is 0 Å². The SMILES string of the molecule is CC(NC(=O)c1ccncc1Cl)c1ccccc1N. The van der Waals surface area contributed by atoms with Crippen molar-refractivity contribution in [2.45, 2.75) is 13.0 Å². The van der Waals surface area contributed by atoms with Crippen molar-refractivity contribution in [2.24, 2.45) is 0 Å². The summed E-state index contributed by atoms with van der Waals surface area (Å²) in [4.78, 5) is 15.9. The topological polar surface area (TPSA) is 68.0 Å². The van der Waals surface area contributed by atoms with Gasteiger partial charge >= 0.3 is 0 Å². The highest BCUT2D eigenvalue weighted by Gasteiger charge is 2.15. The van der Waals surface area contributed by atoms with Crippen molar-refractivity contribution in [1.82, 2.24) is 10.3 Å². The van der Waals surface area contributed by atoms with Gasteiger partial charge in [0.25, 0.3) is 5.91 Å². The number of benzene rings is 1. The zero-order valence-electron chi connectivity index (χ0n) is 10.4. The largest absolute Gasteiger partial charge is 0.398 e. The van der Waals surface area contributed by atoms with Gasteiger partial charge in [0, 0.05) is 18.1 Å². The number of nitrogens with two attached hydrogens (primary N) is 1. The molecule has 5 heteroatoms. The molecule has 1 heterocycles. The summed E-state index contributed by atoms with van der Waals surface area (Å²) in [5.74, 6) is -0.247. The number of para-hydroxylation sites is 1. The second-order valence-corrected chi connectivity index (χ2v) is 4.59. The van der Waals surface area contributed by atoms with E-state index in [0.717, 1.165) is 5.56 Å². The monoisotopic (exact) mass is 275 g/mol. The van der Waals surface area contributed by atoms with Crippen molar-refractivity contribution in [1.29, 1.82) is 0 Å². The van der Waals surface area contributed by atoms with Crippen LogP contribution in [0.2, 0.25) is 5.02 Å². The molecule has 1 atom stereocenters. The predicted molar refractivity (Wildman–Crippen MR) is 76.0 cm³/mol. The Morgan fingerprint density at radius 2 is 2.11 bits per heavy atom. The number of hydrogen-bond acceptors (Lipinski definition) is 3. The quantitative estimate of drug-likeness (QED) is 0.847. The van der Waals surface area contributed by atoms with Gasteiger partial charge in [-0.3, -0.25) is 9.78 Å². The van der Waals surface area contributed by atoms with Gasteiger partial charge in [-0.25, -0.2) is 0 Å². The molecule has 1 amide bonds. The lowest BCUT2D eigenvalue weighted by Crippen LogP contribution is -2.27. The number of nitrogens with one attached hydrogen (secondary N) is 1. The maximum atomic E-state index is 12.1. The number of aromatic nitrogens is 1. The van der Waals surface area contributed by atoms with Gasteiger partial charge in [0.2, 0.25) is 0 Å². The Kier molecular flexibility index (Phi) is 4.02. The molecular weight excluding hydrogens is 262 g/mol. The Bertz CT molecular complexity index is 601. The third-order valence-electron chi connectivity index (χ3n) is 2.83. The molecule has 0 saturated heterocycles. The number of nitrogen functional groups attached to an aromatic ring is 1. The minimum atomic E-state index is -0.247. The predicted octanol–water partition coefficient (Wildman–Crippen LogP) is 2.81. The maximum absolute atomic E-state index is 12.1. The number of carbonyl (C=O) groups is 1. The highest BCUT2D eigenvalue weighted by atomic mass is 35.5. The Hall–Kier alpha value is -2.07. The minimum absolute atomic E-state index is 0.196. The molecule has 0 fully saturated rings. The van der Waals surface area contributed by atoms with Gasteiger partial charge in [0.15, 0.2) is 0 Å². The van der Waals surface area contributed by atoms with E-state index in [0.29, 0.717) is 16.3 Å². The summed E-state index contributed by atoms with van der Waals surface area (Å²) in [7, 11) is 0. The van der Waals surface area contributed by atoms with Crippen LogP contribution in [-0.4, -0.2) is 10.9 Å². The standard InChI is InChI=1S/C14H14ClN3O/c1-9(10-4-2-3-5-13(10)16)18-14(19)11-6-7-17-8-12(11)15/h2-9H,16H2,1H3,(H,18,19). The first-order chi connectivity index (χ1) is 9.09. The van der Waals surface area contributed by atoms with E-state index in [-0.39, 0.29) is 11.9 Å². The normalized spacial score (nSPS) is 11.9. The highest BCUT2D eigenvalue weighted by molar-refractivity contribution is 6.33. The molecule has 19 heavy (non-hydrogen) atoms. The first kappa shape index (κ1) is 13.4. The average Bonchev–Trinajstić information content (AvgIpc) is 2.39. The fourth-order valence-corrected chi connectivity index (χ4v) is 2.02. The van der Waals surface area contributed by atoms with E-state index in [9.17, 15) is 4.79 Å². The molecule has 4 nitrogen and oxygen atoms in total. The fraction of sp³-hybridized carbons (Fsp3) is 0.143. The van der Waals surface area contributed by atoms with Crippen LogP contribution in [0.4, 0.5) is 5.69 Å². The molecule has 0 radical (unpaired) electrons. The Labute approximate surface area is 116 Å². The Morgan fingerprint density at radius 3 is 2.79 bits per heavy atom. The summed E-state index contributed by atoms with van der Waals surface area (Å²) >= 11 is 5.93. The molecule has 0 saturated carbocycles. The second-order valence-electron chi connectivity index (χ2n) is 4.18. The molecule has 0 aliphatic carbocycles. The van der Waals surface area contributed by atoms with Gasteiger partial charge in [-0.05, 0) is 24.6 Å². The van der Waals surface area contributed by atoms with Crippen LogP contribution in [0.1, 0.15) is 28.9 Å². The van der Waals surface area contributed by atoms with Crippen molar-refractivity contribution in [3.63, 3.8) is 0 Å². The van der Waals surface area contributed by atoms with Crippen molar-refractivity contribution in [2.75, 3.05) is 5.73 Å². The summed E-state index contributed by atoms with van der Waals surface area (Å²) in [6, 6.07) is 8.81. The lowest BCUT2D eigenvalue weighted by Gasteiger charge is -2.16. The van der Waals surface area contributed by atoms with Gasteiger partial charge in [0.1, 0.15) is 0 Å².